The van der Waals surface area contributed by atoms with Gasteiger partial charge in [-0.15, -0.1) is 0 Å². The van der Waals surface area contributed by atoms with Crippen molar-refractivity contribution < 1.29 is 4.39 Å². The van der Waals surface area contributed by atoms with Gasteiger partial charge in [-0.1, -0.05) is 30.7 Å². The van der Waals surface area contributed by atoms with Crippen molar-refractivity contribution in [2.24, 2.45) is 0 Å². The molecule has 0 bridgehead atoms. The molecule has 0 aliphatic heterocycles. The molecule has 0 saturated carbocycles. The normalized spacial score (nSPS) is 12.2. The van der Waals surface area contributed by atoms with Gasteiger partial charge in [0.05, 0.1) is 11.1 Å². The molecule has 0 heterocycles. The fourth-order valence-corrected chi connectivity index (χ4v) is 2.33. The van der Waals surface area contributed by atoms with Gasteiger partial charge in [-0.05, 0) is 58.2 Å². The zero-order valence-corrected chi connectivity index (χ0v) is 12.8. The van der Waals surface area contributed by atoms with Gasteiger partial charge in [0, 0.05) is 10.2 Å². The van der Waals surface area contributed by atoms with E-state index in [2.05, 4.69) is 28.2 Å². The predicted molar refractivity (Wildman–Crippen MR) is 82.2 cm³/mol. The first-order chi connectivity index (χ1) is 9.10. The van der Waals surface area contributed by atoms with Crippen molar-refractivity contribution in [2.75, 3.05) is 5.32 Å². The van der Waals surface area contributed by atoms with Gasteiger partial charge in [0.2, 0.25) is 0 Å². The van der Waals surface area contributed by atoms with Crippen LogP contribution in [0.15, 0.2) is 46.9 Å². The third-order valence-corrected chi connectivity index (χ3v) is 4.17. The lowest BCUT2D eigenvalue weighted by molar-refractivity contribution is 0.625. The molecule has 0 aliphatic carbocycles. The zero-order valence-electron chi connectivity index (χ0n) is 10.5. The van der Waals surface area contributed by atoms with E-state index in [-0.39, 0.29) is 11.9 Å². The molecule has 19 heavy (non-hydrogen) atoms. The second-order valence-corrected chi connectivity index (χ2v) is 5.55. The molecule has 0 aromatic heterocycles. The minimum atomic E-state index is -0.217. The van der Waals surface area contributed by atoms with E-state index < -0.39 is 0 Å². The van der Waals surface area contributed by atoms with E-state index in [9.17, 15) is 4.39 Å². The smallest absolute Gasteiger partial charge is 0.123 e. The zero-order chi connectivity index (χ0) is 13.8. The molecule has 0 radical (unpaired) electrons. The van der Waals surface area contributed by atoms with Crippen LogP contribution in [0.3, 0.4) is 0 Å². The Bertz CT molecular complexity index is 557. The second kappa shape index (κ2) is 6.40. The van der Waals surface area contributed by atoms with Gasteiger partial charge in [-0.3, -0.25) is 0 Å². The minimum Gasteiger partial charge on any atom is -0.378 e. The van der Waals surface area contributed by atoms with E-state index in [1.54, 1.807) is 12.1 Å². The molecule has 100 valence electrons. The molecule has 4 heteroatoms. The van der Waals surface area contributed by atoms with Crippen molar-refractivity contribution in [3.8, 4) is 0 Å². The summed E-state index contributed by atoms with van der Waals surface area (Å²) in [5, 5.41) is 4.07. The van der Waals surface area contributed by atoms with E-state index in [1.165, 1.54) is 12.1 Å². The average molecular weight is 343 g/mol. The molecular formula is C15H14BrClFN. The third-order valence-electron chi connectivity index (χ3n) is 2.94. The van der Waals surface area contributed by atoms with E-state index in [0.29, 0.717) is 5.02 Å². The van der Waals surface area contributed by atoms with E-state index in [1.807, 2.05) is 18.2 Å². The SMILES string of the molecule is CCC(Nc1ccc(Br)c(Cl)c1)c1ccc(F)cc1. The monoisotopic (exact) mass is 341 g/mol. The largest absolute Gasteiger partial charge is 0.378 e. The number of hydrogen-bond acceptors (Lipinski definition) is 1. The lowest BCUT2D eigenvalue weighted by Gasteiger charge is -2.19. The molecule has 0 saturated heterocycles. The van der Waals surface area contributed by atoms with Crippen LogP contribution in [0, 0.1) is 5.82 Å². The first-order valence-electron chi connectivity index (χ1n) is 6.07. The van der Waals surface area contributed by atoms with Crippen molar-refractivity contribution in [1.29, 1.82) is 0 Å². The van der Waals surface area contributed by atoms with Gasteiger partial charge in [0.15, 0.2) is 0 Å². The number of hydrogen-bond donors (Lipinski definition) is 1. The van der Waals surface area contributed by atoms with Crippen LogP contribution in [-0.2, 0) is 0 Å². The van der Waals surface area contributed by atoms with Gasteiger partial charge >= 0.3 is 0 Å². The molecule has 1 nitrogen and oxygen atoms in total. The highest BCUT2D eigenvalue weighted by atomic mass is 79.9. The summed E-state index contributed by atoms with van der Waals surface area (Å²) in [6.45, 7) is 2.08. The van der Waals surface area contributed by atoms with Crippen LogP contribution in [-0.4, -0.2) is 0 Å². The quantitative estimate of drug-likeness (QED) is 0.740. The summed E-state index contributed by atoms with van der Waals surface area (Å²) in [6, 6.07) is 12.4. The molecule has 2 aromatic rings. The maximum Gasteiger partial charge on any atom is 0.123 e. The first-order valence-corrected chi connectivity index (χ1v) is 7.24. The standard InChI is InChI=1S/C15H14BrClFN/c1-2-15(10-3-5-11(18)6-4-10)19-12-7-8-13(16)14(17)9-12/h3-9,15,19H,2H2,1H3. The Balaban J connectivity index is 2.18. The topological polar surface area (TPSA) is 12.0 Å². The molecule has 2 rings (SSSR count). The van der Waals surface area contributed by atoms with Gasteiger partial charge in [-0.2, -0.15) is 0 Å². The van der Waals surface area contributed by atoms with Crippen LogP contribution in [0.4, 0.5) is 10.1 Å². The van der Waals surface area contributed by atoms with Gasteiger partial charge in [-0.25, -0.2) is 4.39 Å². The highest BCUT2D eigenvalue weighted by Crippen LogP contribution is 2.28. The Morgan fingerprint density at radius 1 is 1.21 bits per heavy atom. The molecule has 2 aromatic carbocycles. The van der Waals surface area contributed by atoms with Crippen LogP contribution >= 0.6 is 27.5 Å². The number of rotatable bonds is 4. The Morgan fingerprint density at radius 2 is 1.89 bits per heavy atom. The first kappa shape index (κ1) is 14.4. The van der Waals surface area contributed by atoms with Crippen LogP contribution in [0.2, 0.25) is 5.02 Å². The summed E-state index contributed by atoms with van der Waals surface area (Å²) in [5.41, 5.74) is 2.01. The maximum absolute atomic E-state index is 12.9. The van der Waals surface area contributed by atoms with Crippen molar-refractivity contribution >= 4 is 33.2 Å². The summed E-state index contributed by atoms with van der Waals surface area (Å²) < 4.78 is 13.8. The number of benzene rings is 2. The molecule has 1 atom stereocenters. The van der Waals surface area contributed by atoms with Gasteiger partial charge in [0.1, 0.15) is 5.82 Å². The predicted octanol–water partition coefficient (Wildman–Crippen LogP) is 5.80. The molecular weight excluding hydrogens is 329 g/mol. The summed E-state index contributed by atoms with van der Waals surface area (Å²) in [4.78, 5) is 0. The highest BCUT2D eigenvalue weighted by Gasteiger charge is 2.10. The van der Waals surface area contributed by atoms with E-state index in [0.717, 1.165) is 22.1 Å². The molecule has 1 N–H and O–H groups in total. The second-order valence-electron chi connectivity index (χ2n) is 4.29. The number of anilines is 1. The van der Waals surface area contributed by atoms with Crippen LogP contribution in [0.1, 0.15) is 24.9 Å². The van der Waals surface area contributed by atoms with Gasteiger partial charge < -0.3 is 5.32 Å². The fraction of sp³-hybridized carbons (Fsp3) is 0.200. The lowest BCUT2D eigenvalue weighted by atomic mass is 10.0. The van der Waals surface area contributed by atoms with Crippen molar-refractivity contribution in [1.82, 2.24) is 0 Å². The van der Waals surface area contributed by atoms with E-state index in [4.69, 9.17) is 11.6 Å². The van der Waals surface area contributed by atoms with Crippen LogP contribution in [0.5, 0.6) is 0 Å². The van der Waals surface area contributed by atoms with E-state index >= 15 is 0 Å². The van der Waals surface area contributed by atoms with Crippen molar-refractivity contribution in [3.63, 3.8) is 0 Å². The molecule has 0 fully saturated rings. The van der Waals surface area contributed by atoms with Crippen molar-refractivity contribution in [3.05, 3.63) is 63.3 Å². The fourth-order valence-electron chi connectivity index (χ4n) is 1.90. The number of nitrogens with one attached hydrogen (secondary N) is 1. The maximum atomic E-state index is 12.9. The summed E-state index contributed by atoms with van der Waals surface area (Å²) in [5.74, 6) is -0.217. The highest BCUT2D eigenvalue weighted by molar-refractivity contribution is 9.10. The third kappa shape index (κ3) is 3.71. The Labute approximate surface area is 125 Å². The molecule has 0 spiro atoms. The molecule has 0 aliphatic rings. The number of halogens is 3. The minimum absolute atomic E-state index is 0.137. The Kier molecular flexibility index (Phi) is 4.83. The Hall–Kier alpha value is -1.06. The summed E-state index contributed by atoms with van der Waals surface area (Å²) in [6.07, 6.45) is 0.902. The average Bonchev–Trinajstić information content (AvgIpc) is 2.41. The molecule has 0 amide bonds. The van der Waals surface area contributed by atoms with Crippen LogP contribution < -0.4 is 5.32 Å². The Morgan fingerprint density at radius 3 is 2.47 bits per heavy atom. The lowest BCUT2D eigenvalue weighted by Crippen LogP contribution is -2.09. The molecule has 1 unspecified atom stereocenters. The van der Waals surface area contributed by atoms with Crippen molar-refractivity contribution in [2.45, 2.75) is 19.4 Å². The van der Waals surface area contributed by atoms with Crippen LogP contribution in [0.25, 0.3) is 0 Å². The summed E-state index contributed by atoms with van der Waals surface area (Å²) in [7, 11) is 0. The summed E-state index contributed by atoms with van der Waals surface area (Å²) >= 11 is 9.43. The van der Waals surface area contributed by atoms with Gasteiger partial charge in [0.25, 0.3) is 0 Å².